The first-order valence-electron chi connectivity index (χ1n) is 10.0. The SMILES string of the molecule is O=C(c1ncc(F)cc1F)N1CCCC12CCCN(C1CCC(O)CC1)C2=O. The van der Waals surface area contributed by atoms with Gasteiger partial charge in [0.1, 0.15) is 11.4 Å². The maximum atomic E-state index is 14.1. The van der Waals surface area contributed by atoms with E-state index in [1.165, 1.54) is 4.90 Å². The molecule has 1 aliphatic carbocycles. The molecule has 0 aromatic carbocycles. The van der Waals surface area contributed by atoms with Gasteiger partial charge in [-0.3, -0.25) is 9.59 Å². The minimum Gasteiger partial charge on any atom is -0.393 e. The van der Waals surface area contributed by atoms with Crippen LogP contribution in [0.4, 0.5) is 8.78 Å². The van der Waals surface area contributed by atoms with Crippen molar-refractivity contribution in [1.29, 1.82) is 0 Å². The van der Waals surface area contributed by atoms with Gasteiger partial charge in [0.2, 0.25) is 5.91 Å². The van der Waals surface area contributed by atoms with Crippen LogP contribution in [-0.2, 0) is 4.79 Å². The topological polar surface area (TPSA) is 73.7 Å². The van der Waals surface area contributed by atoms with Gasteiger partial charge in [-0.1, -0.05) is 0 Å². The molecule has 3 heterocycles. The quantitative estimate of drug-likeness (QED) is 0.837. The number of aliphatic hydroxyl groups is 1. The summed E-state index contributed by atoms with van der Waals surface area (Å²) in [6, 6.07) is 0.719. The maximum Gasteiger partial charge on any atom is 0.276 e. The molecule has 1 atom stereocenters. The average molecular weight is 393 g/mol. The lowest BCUT2D eigenvalue weighted by Crippen LogP contribution is -2.63. The lowest BCUT2D eigenvalue weighted by Gasteiger charge is -2.48. The number of piperidine rings is 1. The first-order valence-corrected chi connectivity index (χ1v) is 10.0. The summed E-state index contributed by atoms with van der Waals surface area (Å²) in [5.41, 5.74) is -1.40. The molecule has 1 saturated carbocycles. The van der Waals surface area contributed by atoms with Crippen LogP contribution in [0.1, 0.15) is 61.9 Å². The molecule has 28 heavy (non-hydrogen) atoms. The van der Waals surface area contributed by atoms with Crippen molar-refractivity contribution in [2.75, 3.05) is 13.1 Å². The van der Waals surface area contributed by atoms with Gasteiger partial charge in [-0.25, -0.2) is 13.8 Å². The smallest absolute Gasteiger partial charge is 0.276 e. The summed E-state index contributed by atoms with van der Waals surface area (Å²) in [4.78, 5) is 33.5. The number of carbonyl (C=O) groups is 2. The fourth-order valence-corrected chi connectivity index (χ4v) is 5.09. The Hall–Kier alpha value is -2.09. The van der Waals surface area contributed by atoms with E-state index in [-0.39, 0.29) is 18.1 Å². The summed E-state index contributed by atoms with van der Waals surface area (Å²) in [6.45, 7) is 1.01. The van der Waals surface area contributed by atoms with E-state index < -0.39 is 28.8 Å². The molecule has 3 fully saturated rings. The van der Waals surface area contributed by atoms with Gasteiger partial charge in [0.15, 0.2) is 11.5 Å². The third-order valence-corrected chi connectivity index (χ3v) is 6.50. The molecule has 3 aliphatic rings. The normalized spacial score (nSPS) is 30.9. The van der Waals surface area contributed by atoms with Crippen molar-refractivity contribution in [3.63, 3.8) is 0 Å². The molecule has 1 aromatic rings. The van der Waals surface area contributed by atoms with Crippen molar-refractivity contribution in [2.24, 2.45) is 0 Å². The summed E-state index contributed by atoms with van der Waals surface area (Å²) in [7, 11) is 0. The zero-order valence-corrected chi connectivity index (χ0v) is 15.7. The second-order valence-corrected chi connectivity index (χ2v) is 8.14. The summed E-state index contributed by atoms with van der Waals surface area (Å²) >= 11 is 0. The molecular formula is C20H25F2N3O3. The van der Waals surface area contributed by atoms with E-state index in [1.54, 1.807) is 0 Å². The Labute approximate surface area is 162 Å². The van der Waals surface area contributed by atoms with E-state index >= 15 is 0 Å². The van der Waals surface area contributed by atoms with Crippen LogP contribution in [-0.4, -0.2) is 62.5 Å². The summed E-state index contributed by atoms with van der Waals surface area (Å²) in [5, 5.41) is 9.76. The molecule has 0 bridgehead atoms. The number of halogens is 2. The lowest BCUT2D eigenvalue weighted by atomic mass is 9.82. The Bertz CT molecular complexity index is 782. The Morgan fingerprint density at radius 2 is 1.82 bits per heavy atom. The van der Waals surface area contributed by atoms with Crippen molar-refractivity contribution in [2.45, 2.75) is 69.1 Å². The molecule has 152 valence electrons. The Balaban J connectivity index is 1.60. The molecule has 1 spiro atoms. The number of nitrogens with zero attached hydrogens (tertiary/aromatic N) is 3. The summed E-state index contributed by atoms with van der Waals surface area (Å²) < 4.78 is 27.3. The fraction of sp³-hybridized carbons (Fsp3) is 0.650. The maximum absolute atomic E-state index is 14.1. The van der Waals surface area contributed by atoms with E-state index in [1.807, 2.05) is 4.90 Å². The standard InChI is InChI=1S/C20H25F2N3O3/c21-13-11-16(22)17(23-12-13)18(27)25-10-2-8-20(25)7-1-9-24(19(20)28)14-3-5-15(26)6-4-14/h11-12,14-15,26H,1-10H2. The van der Waals surface area contributed by atoms with Crippen molar-refractivity contribution >= 4 is 11.8 Å². The van der Waals surface area contributed by atoms with E-state index in [4.69, 9.17) is 0 Å². The molecule has 1 unspecified atom stereocenters. The molecule has 1 N–H and O–H groups in total. The monoisotopic (exact) mass is 393 g/mol. The zero-order chi connectivity index (χ0) is 19.9. The lowest BCUT2D eigenvalue weighted by molar-refractivity contribution is -0.149. The molecule has 8 heteroatoms. The highest BCUT2D eigenvalue weighted by molar-refractivity contribution is 5.99. The molecule has 1 aromatic heterocycles. The number of hydrogen-bond acceptors (Lipinski definition) is 4. The van der Waals surface area contributed by atoms with Crippen molar-refractivity contribution in [3.05, 3.63) is 29.6 Å². The number of aliphatic hydroxyl groups excluding tert-OH is 1. The van der Waals surface area contributed by atoms with Crippen LogP contribution in [0.25, 0.3) is 0 Å². The van der Waals surface area contributed by atoms with Crippen molar-refractivity contribution in [1.82, 2.24) is 14.8 Å². The molecule has 2 saturated heterocycles. The van der Waals surface area contributed by atoms with Crippen LogP contribution in [0.15, 0.2) is 12.3 Å². The average Bonchev–Trinajstić information content (AvgIpc) is 3.09. The molecule has 4 rings (SSSR count). The fourth-order valence-electron chi connectivity index (χ4n) is 5.09. The number of carbonyl (C=O) groups excluding carboxylic acids is 2. The largest absolute Gasteiger partial charge is 0.393 e. The van der Waals surface area contributed by atoms with E-state index in [9.17, 15) is 23.5 Å². The Morgan fingerprint density at radius 1 is 1.14 bits per heavy atom. The number of pyridine rings is 1. The van der Waals surface area contributed by atoms with E-state index in [0.717, 1.165) is 25.5 Å². The Morgan fingerprint density at radius 3 is 2.50 bits per heavy atom. The number of amides is 2. The minimum absolute atomic E-state index is 0.0753. The van der Waals surface area contributed by atoms with Crippen LogP contribution in [0.2, 0.25) is 0 Å². The molecule has 6 nitrogen and oxygen atoms in total. The highest BCUT2D eigenvalue weighted by Gasteiger charge is 2.54. The van der Waals surface area contributed by atoms with Gasteiger partial charge < -0.3 is 14.9 Å². The first-order chi connectivity index (χ1) is 13.4. The van der Waals surface area contributed by atoms with Crippen LogP contribution >= 0.6 is 0 Å². The van der Waals surface area contributed by atoms with Crippen LogP contribution < -0.4 is 0 Å². The van der Waals surface area contributed by atoms with Gasteiger partial charge in [-0.15, -0.1) is 0 Å². The van der Waals surface area contributed by atoms with Gasteiger partial charge in [0, 0.05) is 25.2 Å². The molecule has 0 radical (unpaired) electrons. The van der Waals surface area contributed by atoms with E-state index in [2.05, 4.69) is 4.98 Å². The Kier molecular flexibility index (Phi) is 5.07. The number of likely N-dealkylation sites (tertiary alicyclic amines) is 2. The van der Waals surface area contributed by atoms with Crippen molar-refractivity contribution in [3.8, 4) is 0 Å². The van der Waals surface area contributed by atoms with Gasteiger partial charge in [0.25, 0.3) is 5.91 Å². The van der Waals surface area contributed by atoms with Gasteiger partial charge in [-0.05, 0) is 51.4 Å². The molecular weight excluding hydrogens is 368 g/mol. The first kappa shape index (κ1) is 19.2. The van der Waals surface area contributed by atoms with Crippen LogP contribution in [0.5, 0.6) is 0 Å². The van der Waals surface area contributed by atoms with Gasteiger partial charge in [-0.2, -0.15) is 0 Å². The zero-order valence-electron chi connectivity index (χ0n) is 15.7. The van der Waals surface area contributed by atoms with Crippen LogP contribution in [0, 0.1) is 11.6 Å². The van der Waals surface area contributed by atoms with Crippen molar-refractivity contribution < 1.29 is 23.5 Å². The van der Waals surface area contributed by atoms with Crippen LogP contribution in [0.3, 0.4) is 0 Å². The number of hydrogen-bond donors (Lipinski definition) is 1. The van der Waals surface area contributed by atoms with E-state index in [0.29, 0.717) is 51.3 Å². The highest BCUT2D eigenvalue weighted by Crippen LogP contribution is 2.41. The highest BCUT2D eigenvalue weighted by atomic mass is 19.1. The third kappa shape index (κ3) is 3.17. The summed E-state index contributed by atoms with van der Waals surface area (Å²) in [5.74, 6) is -2.57. The second-order valence-electron chi connectivity index (χ2n) is 8.14. The predicted molar refractivity (Wildman–Crippen MR) is 96.4 cm³/mol. The number of aromatic nitrogens is 1. The third-order valence-electron chi connectivity index (χ3n) is 6.50. The molecule has 2 amide bonds. The van der Waals surface area contributed by atoms with Gasteiger partial charge in [0.05, 0.1) is 12.3 Å². The number of rotatable bonds is 2. The minimum atomic E-state index is -1.01. The predicted octanol–water partition coefficient (Wildman–Crippen LogP) is 2.26. The molecule has 2 aliphatic heterocycles. The summed E-state index contributed by atoms with van der Waals surface area (Å²) in [6.07, 6.45) is 5.91. The van der Waals surface area contributed by atoms with Gasteiger partial charge >= 0.3 is 0 Å². The second kappa shape index (κ2) is 7.39.